The Bertz CT molecular complexity index is 566. The maximum atomic E-state index is 10.4. The van der Waals surface area contributed by atoms with Gasteiger partial charge in [-0.3, -0.25) is 0 Å². The van der Waals surface area contributed by atoms with E-state index in [1.165, 1.54) is 0 Å². The molecule has 18 heavy (non-hydrogen) atoms. The van der Waals surface area contributed by atoms with Crippen molar-refractivity contribution < 1.29 is 9.84 Å². The number of ether oxygens (including phenoxy) is 1. The molecule has 0 bridgehead atoms. The van der Waals surface area contributed by atoms with Gasteiger partial charge in [-0.05, 0) is 24.6 Å². The lowest BCUT2D eigenvalue weighted by Crippen LogP contribution is -2.03. The van der Waals surface area contributed by atoms with Crippen LogP contribution in [-0.2, 0) is 7.05 Å². The minimum atomic E-state index is -0.799. The molecule has 1 unspecified atom stereocenters. The van der Waals surface area contributed by atoms with Gasteiger partial charge in [0.2, 0.25) is 5.88 Å². The first-order chi connectivity index (χ1) is 8.54. The largest absolute Gasteiger partial charge is 0.481 e. The van der Waals surface area contributed by atoms with Crippen molar-refractivity contribution in [3.63, 3.8) is 0 Å². The van der Waals surface area contributed by atoms with Gasteiger partial charge in [0, 0.05) is 12.1 Å². The second-order valence-corrected chi connectivity index (χ2v) is 4.53. The summed E-state index contributed by atoms with van der Waals surface area (Å²) in [6.45, 7) is 1.84. The molecule has 2 rings (SSSR count). The molecule has 0 aliphatic heterocycles. The molecule has 4 nitrogen and oxygen atoms in total. The molecule has 1 atom stereocenters. The van der Waals surface area contributed by atoms with E-state index in [1.54, 1.807) is 37.0 Å². The molecule has 1 aromatic heterocycles. The molecule has 96 valence electrons. The first-order valence-corrected chi connectivity index (χ1v) is 5.93. The number of hydrogen-bond donors (Lipinski definition) is 1. The van der Waals surface area contributed by atoms with E-state index in [4.69, 9.17) is 16.3 Å². The molecule has 0 radical (unpaired) electrons. The maximum absolute atomic E-state index is 10.4. The van der Waals surface area contributed by atoms with Crippen LogP contribution in [0.15, 0.2) is 24.3 Å². The van der Waals surface area contributed by atoms with Gasteiger partial charge in [0.1, 0.15) is 6.10 Å². The third-order valence-electron chi connectivity index (χ3n) is 2.85. The van der Waals surface area contributed by atoms with Crippen LogP contribution in [0.2, 0.25) is 5.02 Å². The SMILES string of the molecule is COc1c(C(O)c2cccc(Cl)c2)c(C)nn1C. The fraction of sp³-hybridized carbons (Fsp3) is 0.308. The van der Waals surface area contributed by atoms with Crippen LogP contribution in [0.1, 0.15) is 22.9 Å². The number of methoxy groups -OCH3 is 1. The van der Waals surface area contributed by atoms with Gasteiger partial charge in [0.05, 0.1) is 18.4 Å². The number of nitrogens with zero attached hydrogens (tertiary/aromatic N) is 2. The average molecular weight is 267 g/mol. The Morgan fingerprint density at radius 3 is 2.78 bits per heavy atom. The summed E-state index contributed by atoms with van der Waals surface area (Å²) < 4.78 is 6.89. The fourth-order valence-electron chi connectivity index (χ4n) is 2.05. The quantitative estimate of drug-likeness (QED) is 0.928. The molecule has 0 fully saturated rings. The van der Waals surface area contributed by atoms with Gasteiger partial charge in [0.15, 0.2) is 0 Å². The summed E-state index contributed by atoms with van der Waals surface area (Å²) in [6, 6.07) is 7.13. The van der Waals surface area contributed by atoms with Gasteiger partial charge in [0.25, 0.3) is 0 Å². The molecule has 0 spiro atoms. The lowest BCUT2D eigenvalue weighted by molar-refractivity contribution is 0.213. The Morgan fingerprint density at radius 1 is 1.44 bits per heavy atom. The summed E-state index contributed by atoms with van der Waals surface area (Å²) in [5.74, 6) is 0.556. The molecule has 1 heterocycles. The average Bonchev–Trinajstić information content (AvgIpc) is 2.62. The second kappa shape index (κ2) is 5.00. The Kier molecular flexibility index (Phi) is 3.59. The summed E-state index contributed by atoms with van der Waals surface area (Å²) >= 11 is 5.93. The van der Waals surface area contributed by atoms with Gasteiger partial charge in [-0.1, -0.05) is 23.7 Å². The molecule has 1 aromatic carbocycles. The maximum Gasteiger partial charge on any atom is 0.217 e. The van der Waals surface area contributed by atoms with Crippen LogP contribution < -0.4 is 4.74 Å². The topological polar surface area (TPSA) is 47.3 Å². The smallest absolute Gasteiger partial charge is 0.217 e. The summed E-state index contributed by atoms with van der Waals surface area (Å²) in [7, 11) is 3.34. The predicted molar refractivity (Wildman–Crippen MR) is 70.0 cm³/mol. The van der Waals surface area contributed by atoms with E-state index in [9.17, 15) is 5.11 Å². The van der Waals surface area contributed by atoms with Crippen LogP contribution in [0.4, 0.5) is 0 Å². The summed E-state index contributed by atoms with van der Waals surface area (Å²) in [6.07, 6.45) is -0.799. The first-order valence-electron chi connectivity index (χ1n) is 5.55. The molecule has 2 aromatic rings. The van der Waals surface area contributed by atoms with E-state index >= 15 is 0 Å². The van der Waals surface area contributed by atoms with Crippen molar-refractivity contribution in [1.82, 2.24) is 9.78 Å². The minimum absolute atomic E-state index is 0.556. The van der Waals surface area contributed by atoms with Crippen molar-refractivity contribution in [2.45, 2.75) is 13.0 Å². The van der Waals surface area contributed by atoms with Gasteiger partial charge in [-0.25, -0.2) is 4.68 Å². The van der Waals surface area contributed by atoms with E-state index in [-0.39, 0.29) is 0 Å². The molecule has 0 amide bonds. The van der Waals surface area contributed by atoms with E-state index in [1.807, 2.05) is 13.0 Å². The molecular weight excluding hydrogens is 252 g/mol. The molecule has 0 aliphatic carbocycles. The first kappa shape index (κ1) is 12.9. The van der Waals surface area contributed by atoms with Gasteiger partial charge in [-0.15, -0.1) is 0 Å². The van der Waals surface area contributed by atoms with Crippen molar-refractivity contribution in [2.24, 2.45) is 7.05 Å². The Morgan fingerprint density at radius 2 is 2.17 bits per heavy atom. The Labute approximate surface area is 111 Å². The molecule has 0 saturated heterocycles. The third-order valence-corrected chi connectivity index (χ3v) is 3.08. The number of benzene rings is 1. The normalized spacial score (nSPS) is 12.5. The number of aliphatic hydroxyl groups excluding tert-OH is 1. The van der Waals surface area contributed by atoms with Crippen LogP contribution in [0, 0.1) is 6.92 Å². The molecule has 0 aliphatic rings. The number of aromatic nitrogens is 2. The van der Waals surface area contributed by atoms with Crippen LogP contribution in [0.3, 0.4) is 0 Å². The minimum Gasteiger partial charge on any atom is -0.481 e. The Hall–Kier alpha value is -1.52. The van der Waals surface area contributed by atoms with Gasteiger partial charge in [-0.2, -0.15) is 5.10 Å². The lowest BCUT2D eigenvalue weighted by atomic mass is 10.0. The van der Waals surface area contributed by atoms with E-state index < -0.39 is 6.10 Å². The number of halogens is 1. The summed E-state index contributed by atoms with van der Waals surface area (Å²) in [5.41, 5.74) is 2.13. The van der Waals surface area contributed by atoms with E-state index in [0.29, 0.717) is 16.5 Å². The monoisotopic (exact) mass is 266 g/mol. The van der Waals surface area contributed by atoms with Crippen molar-refractivity contribution in [1.29, 1.82) is 0 Å². The highest BCUT2D eigenvalue weighted by atomic mass is 35.5. The van der Waals surface area contributed by atoms with Crippen molar-refractivity contribution in [3.05, 3.63) is 46.1 Å². The molecular formula is C13H15ClN2O2. The number of hydrogen-bond acceptors (Lipinski definition) is 3. The molecule has 0 saturated carbocycles. The molecule has 5 heteroatoms. The van der Waals surface area contributed by atoms with Gasteiger partial charge >= 0.3 is 0 Å². The fourth-order valence-corrected chi connectivity index (χ4v) is 2.25. The predicted octanol–water partition coefficient (Wildman–Crippen LogP) is 2.47. The summed E-state index contributed by atoms with van der Waals surface area (Å²) in [5, 5.41) is 15.3. The van der Waals surface area contributed by atoms with Crippen molar-refractivity contribution >= 4 is 11.6 Å². The van der Waals surface area contributed by atoms with Crippen LogP contribution in [0.25, 0.3) is 0 Å². The number of aliphatic hydroxyl groups is 1. The Balaban J connectivity index is 2.48. The second-order valence-electron chi connectivity index (χ2n) is 4.09. The summed E-state index contributed by atoms with van der Waals surface area (Å²) in [4.78, 5) is 0. The van der Waals surface area contributed by atoms with Gasteiger partial charge < -0.3 is 9.84 Å². The highest BCUT2D eigenvalue weighted by molar-refractivity contribution is 6.30. The zero-order chi connectivity index (χ0) is 13.3. The number of aryl methyl sites for hydroxylation is 2. The van der Waals surface area contributed by atoms with Crippen LogP contribution in [0.5, 0.6) is 5.88 Å². The third kappa shape index (κ3) is 2.21. The van der Waals surface area contributed by atoms with E-state index in [0.717, 1.165) is 11.3 Å². The molecule has 1 N–H and O–H groups in total. The zero-order valence-corrected chi connectivity index (χ0v) is 11.3. The van der Waals surface area contributed by atoms with Crippen molar-refractivity contribution in [2.75, 3.05) is 7.11 Å². The van der Waals surface area contributed by atoms with Crippen LogP contribution in [-0.4, -0.2) is 22.0 Å². The van der Waals surface area contributed by atoms with Crippen molar-refractivity contribution in [3.8, 4) is 5.88 Å². The lowest BCUT2D eigenvalue weighted by Gasteiger charge is -2.13. The zero-order valence-electron chi connectivity index (χ0n) is 10.5. The van der Waals surface area contributed by atoms with Crippen LogP contribution >= 0.6 is 11.6 Å². The van der Waals surface area contributed by atoms with E-state index in [2.05, 4.69) is 5.10 Å². The highest BCUT2D eigenvalue weighted by Crippen LogP contribution is 2.32. The number of rotatable bonds is 3. The highest BCUT2D eigenvalue weighted by Gasteiger charge is 2.22. The standard InChI is InChI=1S/C13H15ClN2O2/c1-8-11(13(18-3)16(2)15-8)12(17)9-5-4-6-10(14)7-9/h4-7,12,17H,1-3H3.